The van der Waals surface area contributed by atoms with Crippen LogP contribution in [-0.4, -0.2) is 34.1 Å². The Bertz CT molecular complexity index is 750. The van der Waals surface area contributed by atoms with E-state index in [4.69, 9.17) is 5.11 Å². The summed E-state index contributed by atoms with van der Waals surface area (Å²) >= 11 is 0. The van der Waals surface area contributed by atoms with Crippen molar-refractivity contribution in [1.29, 1.82) is 0 Å². The van der Waals surface area contributed by atoms with Gasteiger partial charge in [0.25, 0.3) is 0 Å². The van der Waals surface area contributed by atoms with Crippen molar-refractivity contribution in [3.63, 3.8) is 0 Å². The second-order valence-electron chi connectivity index (χ2n) is 12.8. The molecule has 0 aromatic heterocycles. The number of fused-ring (bicyclic) bond motifs is 1. The van der Waals surface area contributed by atoms with Gasteiger partial charge in [-0.3, -0.25) is 0 Å². The van der Waals surface area contributed by atoms with Gasteiger partial charge in [0.1, 0.15) is 0 Å². The van der Waals surface area contributed by atoms with Crippen LogP contribution in [0.1, 0.15) is 111 Å². The lowest BCUT2D eigenvalue weighted by atomic mass is 9.60. The van der Waals surface area contributed by atoms with E-state index in [1.165, 1.54) is 51.4 Å². The van der Waals surface area contributed by atoms with Gasteiger partial charge < -0.3 is 15.3 Å². The van der Waals surface area contributed by atoms with Gasteiger partial charge in [-0.25, -0.2) is 0 Å². The summed E-state index contributed by atoms with van der Waals surface area (Å²) in [4.78, 5) is 0. The maximum absolute atomic E-state index is 10.9. The minimum atomic E-state index is -0.670. The van der Waals surface area contributed by atoms with E-state index in [1.807, 2.05) is 0 Å². The van der Waals surface area contributed by atoms with E-state index in [2.05, 4.69) is 46.4 Å². The van der Waals surface area contributed by atoms with Gasteiger partial charge in [0.15, 0.2) is 0 Å². The molecule has 0 spiro atoms. The molecule has 7 atom stereocenters. The SMILES string of the molecule is C=C1C(=CC=C2CCC[C@]3(C)[C@@H]([C@H](C)CCCC(C)C)CC[C@@H]23)C[C@@H](O)[C@@H](CCCCCO)[C@@H]1O. The van der Waals surface area contributed by atoms with Crippen LogP contribution >= 0.6 is 0 Å². The third-order valence-electron chi connectivity index (χ3n) is 9.96. The van der Waals surface area contributed by atoms with Crippen molar-refractivity contribution in [1.82, 2.24) is 0 Å². The number of hydrogen-bond donors (Lipinski definition) is 3. The third kappa shape index (κ3) is 6.90. The van der Waals surface area contributed by atoms with Crippen LogP contribution in [0, 0.1) is 35.0 Å². The molecular weight excluding hydrogens is 432 g/mol. The zero-order chi connectivity index (χ0) is 25.6. The summed E-state index contributed by atoms with van der Waals surface area (Å²) in [5.41, 5.74) is 3.82. The summed E-state index contributed by atoms with van der Waals surface area (Å²) in [5.74, 6) is 2.97. The van der Waals surface area contributed by atoms with Crippen LogP contribution in [0.5, 0.6) is 0 Å². The van der Waals surface area contributed by atoms with E-state index in [0.717, 1.165) is 54.6 Å². The van der Waals surface area contributed by atoms with E-state index >= 15 is 0 Å². The highest BCUT2D eigenvalue weighted by atomic mass is 16.3. The van der Waals surface area contributed by atoms with Crippen molar-refractivity contribution in [2.24, 2.45) is 35.0 Å². The number of hydrogen-bond acceptors (Lipinski definition) is 3. The van der Waals surface area contributed by atoms with Crippen molar-refractivity contribution < 1.29 is 15.3 Å². The number of rotatable bonds is 11. The van der Waals surface area contributed by atoms with Crippen molar-refractivity contribution in [3.05, 3.63) is 35.5 Å². The van der Waals surface area contributed by atoms with Crippen LogP contribution in [0.3, 0.4) is 0 Å². The van der Waals surface area contributed by atoms with Gasteiger partial charge in [-0.05, 0) is 91.6 Å². The molecule has 3 aliphatic rings. The third-order valence-corrected chi connectivity index (χ3v) is 9.96. The Morgan fingerprint density at radius 2 is 1.80 bits per heavy atom. The van der Waals surface area contributed by atoms with Crippen LogP contribution in [0.15, 0.2) is 35.5 Å². The zero-order valence-electron chi connectivity index (χ0n) is 23.1. The normalized spacial score (nSPS) is 36.8. The zero-order valence-corrected chi connectivity index (χ0v) is 23.1. The molecule has 200 valence electrons. The molecule has 0 unspecified atom stereocenters. The topological polar surface area (TPSA) is 60.7 Å². The molecule has 3 nitrogen and oxygen atoms in total. The molecule has 0 bridgehead atoms. The Morgan fingerprint density at radius 1 is 1.03 bits per heavy atom. The van der Waals surface area contributed by atoms with Gasteiger partial charge in [-0.1, -0.05) is 84.1 Å². The Kier molecular flexibility index (Phi) is 10.7. The summed E-state index contributed by atoms with van der Waals surface area (Å²) in [7, 11) is 0. The van der Waals surface area contributed by atoms with Gasteiger partial charge in [-0.2, -0.15) is 0 Å². The molecule has 0 heterocycles. The molecule has 0 amide bonds. The average Bonchev–Trinajstić information content (AvgIpc) is 3.17. The van der Waals surface area contributed by atoms with Gasteiger partial charge in [-0.15, -0.1) is 0 Å². The van der Waals surface area contributed by atoms with Crippen molar-refractivity contribution in [2.45, 2.75) is 123 Å². The molecule has 3 aliphatic carbocycles. The Labute approximate surface area is 215 Å². The number of unbranched alkanes of at least 4 members (excludes halogenated alkanes) is 2. The van der Waals surface area contributed by atoms with E-state index in [9.17, 15) is 10.2 Å². The Hall–Kier alpha value is -0.900. The lowest BCUT2D eigenvalue weighted by Crippen LogP contribution is -2.38. The molecule has 0 saturated heterocycles. The number of aliphatic hydroxyl groups excluding tert-OH is 3. The highest BCUT2D eigenvalue weighted by Crippen LogP contribution is 2.60. The standard InChI is InChI=1S/C32H54O3/c1-22(2)11-9-12-23(3)28-17-18-29-25(13-10-19-32(28,29)5)15-16-26-21-30(34)27(31(35)24(26)4)14-7-6-8-20-33/h15-16,22-23,27-31,33-35H,4,6-14,17-21H2,1-3,5H3/t23-,27-,28-,29+,30-,31-,32-/m1/s1. The van der Waals surface area contributed by atoms with Crippen LogP contribution in [-0.2, 0) is 0 Å². The van der Waals surface area contributed by atoms with Crippen LogP contribution in [0.2, 0.25) is 0 Å². The molecule has 3 saturated carbocycles. The second-order valence-corrected chi connectivity index (χ2v) is 12.8. The Morgan fingerprint density at radius 3 is 2.51 bits per heavy atom. The molecule has 0 radical (unpaired) electrons. The molecular formula is C32H54O3. The monoisotopic (exact) mass is 486 g/mol. The first-order valence-electron chi connectivity index (χ1n) is 14.7. The van der Waals surface area contributed by atoms with Gasteiger partial charge in [0, 0.05) is 12.5 Å². The first-order valence-corrected chi connectivity index (χ1v) is 14.7. The quantitative estimate of drug-likeness (QED) is 0.267. The highest BCUT2D eigenvalue weighted by Gasteiger charge is 2.50. The van der Waals surface area contributed by atoms with Crippen LogP contribution in [0.25, 0.3) is 0 Å². The van der Waals surface area contributed by atoms with Crippen LogP contribution in [0.4, 0.5) is 0 Å². The number of aliphatic hydroxyl groups is 3. The smallest absolute Gasteiger partial charge is 0.0839 e. The largest absolute Gasteiger partial charge is 0.396 e. The second kappa shape index (κ2) is 13.1. The van der Waals surface area contributed by atoms with E-state index in [1.54, 1.807) is 5.57 Å². The minimum absolute atomic E-state index is 0.142. The predicted octanol–water partition coefficient (Wildman–Crippen LogP) is 7.37. The van der Waals surface area contributed by atoms with Crippen molar-refractivity contribution in [2.75, 3.05) is 6.61 Å². The summed E-state index contributed by atoms with van der Waals surface area (Å²) in [6.45, 7) is 14.2. The van der Waals surface area contributed by atoms with Crippen molar-refractivity contribution >= 4 is 0 Å². The summed E-state index contributed by atoms with van der Waals surface area (Å²) < 4.78 is 0. The fourth-order valence-corrected chi connectivity index (χ4v) is 7.83. The van der Waals surface area contributed by atoms with Gasteiger partial charge in [0.05, 0.1) is 12.2 Å². The first kappa shape index (κ1) is 28.7. The molecule has 3 rings (SSSR count). The maximum Gasteiger partial charge on any atom is 0.0839 e. The first-order chi connectivity index (χ1) is 16.7. The molecule has 3 N–H and O–H groups in total. The highest BCUT2D eigenvalue weighted by molar-refractivity contribution is 5.39. The summed E-state index contributed by atoms with van der Waals surface area (Å²) in [6, 6.07) is 0. The number of allylic oxidation sites excluding steroid dienone is 3. The lowest BCUT2D eigenvalue weighted by molar-refractivity contribution is 0.0128. The van der Waals surface area contributed by atoms with E-state index in [-0.39, 0.29) is 12.5 Å². The predicted molar refractivity (Wildman–Crippen MR) is 147 cm³/mol. The van der Waals surface area contributed by atoms with Gasteiger partial charge in [0.2, 0.25) is 0 Å². The molecule has 3 heteroatoms. The fourth-order valence-electron chi connectivity index (χ4n) is 7.83. The fraction of sp³-hybridized carbons (Fsp3) is 0.812. The van der Waals surface area contributed by atoms with Crippen LogP contribution < -0.4 is 0 Å². The molecule has 0 aromatic carbocycles. The molecule has 0 aromatic rings. The molecule has 0 aliphatic heterocycles. The minimum Gasteiger partial charge on any atom is -0.396 e. The van der Waals surface area contributed by atoms with E-state index in [0.29, 0.717) is 17.8 Å². The van der Waals surface area contributed by atoms with Crippen molar-refractivity contribution in [3.8, 4) is 0 Å². The average molecular weight is 487 g/mol. The lowest BCUT2D eigenvalue weighted by Gasteiger charge is -2.44. The van der Waals surface area contributed by atoms with Gasteiger partial charge >= 0.3 is 0 Å². The molecule has 3 fully saturated rings. The maximum atomic E-state index is 10.9. The summed E-state index contributed by atoms with van der Waals surface area (Å²) in [6.07, 6.45) is 17.9. The summed E-state index contributed by atoms with van der Waals surface area (Å²) in [5, 5.41) is 30.7. The van der Waals surface area contributed by atoms with E-state index < -0.39 is 12.2 Å². The Balaban J connectivity index is 1.65. The molecule has 35 heavy (non-hydrogen) atoms.